The van der Waals surface area contributed by atoms with E-state index in [1.165, 1.54) is 60.9 Å². The van der Waals surface area contributed by atoms with Crippen LogP contribution in [0.5, 0.6) is 0 Å². The number of aliphatic carboxylic acids is 1. The number of para-hydroxylation sites is 4. The number of nitrogens with one attached hydrogen (secondary N) is 8. The molecular weight excluding hydrogens is 1920 g/mol. The molecule has 6 aromatic carbocycles. The predicted molar refractivity (Wildman–Crippen MR) is 486 cm³/mol. The number of piperidine rings is 4. The average molecular weight is 2010 g/mol. The molecule has 0 saturated carbocycles. The minimum atomic E-state index is -1.00. The van der Waals surface area contributed by atoms with E-state index in [1.807, 2.05) is 75.6 Å². The minimum absolute atomic E-state index is 0. The molecule has 4 saturated heterocycles. The van der Waals surface area contributed by atoms with Crippen LogP contribution in [-0.2, 0) is 19.2 Å². The van der Waals surface area contributed by atoms with E-state index in [0.717, 1.165) is 141 Å². The van der Waals surface area contributed by atoms with Gasteiger partial charge >= 0.3 is 54.1 Å². The average Bonchev–Trinajstić information content (AvgIpc) is 1.58. The molecule has 0 bridgehead atoms. The number of nitro benzene ring substituents is 2. The molecule has 49 heteroatoms. The molecule has 6 aromatic heterocycles. The Balaban J connectivity index is 0.000000196. The molecular formula is C81H87Cl5F4N24O15Sn. The van der Waals surface area contributed by atoms with Crippen molar-refractivity contribution in [2.24, 2.45) is 23.7 Å². The summed E-state index contributed by atoms with van der Waals surface area (Å²) in [5.74, 6) is -6.12. The first-order chi connectivity index (χ1) is 61.5. The van der Waals surface area contributed by atoms with Crippen LogP contribution in [0.4, 0.5) is 75.0 Å². The van der Waals surface area contributed by atoms with Crippen LogP contribution in [0.15, 0.2) is 150 Å². The second kappa shape index (κ2) is 48.7. The summed E-state index contributed by atoms with van der Waals surface area (Å²) in [5, 5.41) is 40.1. The van der Waals surface area contributed by atoms with Gasteiger partial charge in [-0.15, -0.1) is 12.4 Å². The van der Waals surface area contributed by atoms with Gasteiger partial charge in [-0.05, 0) is 190 Å². The maximum atomic E-state index is 15.2. The molecule has 4 unspecified atom stereocenters. The van der Waals surface area contributed by atoms with Gasteiger partial charge in [0.05, 0.1) is 96.0 Å². The number of halogens is 9. The number of nitrogens with two attached hydrogens (primary N) is 3. The van der Waals surface area contributed by atoms with Crippen molar-refractivity contribution in [3.8, 4) is 0 Å². The number of H-pyrrole nitrogens is 3. The van der Waals surface area contributed by atoms with Crippen molar-refractivity contribution in [1.29, 1.82) is 0 Å². The van der Waals surface area contributed by atoms with Gasteiger partial charge in [0.1, 0.15) is 29.4 Å². The zero-order chi connectivity index (χ0) is 94.0. The number of rotatable bonds is 15. The zero-order valence-corrected chi connectivity index (χ0v) is 76.2. The molecule has 10 heterocycles. The molecule has 5 amide bonds. The predicted octanol–water partition coefficient (Wildman–Crippen LogP) is 11.1. The first-order valence-corrected chi connectivity index (χ1v) is 47.2. The molecule has 4 atom stereocenters. The van der Waals surface area contributed by atoms with Crippen LogP contribution >= 0.6 is 53.5 Å². The third-order valence-electron chi connectivity index (χ3n) is 20.2. The summed E-state index contributed by atoms with van der Waals surface area (Å²) in [6, 6.07) is 31.3. The molecule has 0 spiro atoms. The number of imidazole rings is 5. The summed E-state index contributed by atoms with van der Waals surface area (Å²) >= 11 is 9.77. The number of carbonyl (C=O) groups excluding carboxylic acids is 7. The quantitative estimate of drug-likeness (QED) is 0.0113. The van der Waals surface area contributed by atoms with Crippen LogP contribution in [0, 0.1) is 67.2 Å². The van der Waals surface area contributed by atoms with Crippen molar-refractivity contribution in [1.82, 2.24) is 68.3 Å². The van der Waals surface area contributed by atoms with Crippen LogP contribution < -0.4 is 54.9 Å². The summed E-state index contributed by atoms with van der Waals surface area (Å²) in [6.07, 6.45) is 10.1. The van der Waals surface area contributed by atoms with Crippen LogP contribution in [0.1, 0.15) is 93.3 Å². The maximum absolute atomic E-state index is 15.2. The number of hydrogen-bond donors (Lipinski definition) is 12. The fourth-order valence-electron chi connectivity index (χ4n) is 13.9. The van der Waals surface area contributed by atoms with E-state index >= 15 is 4.39 Å². The van der Waals surface area contributed by atoms with Gasteiger partial charge in [-0.2, -0.15) is 8.78 Å². The number of nitro groups is 2. The Hall–Kier alpha value is -12.6. The van der Waals surface area contributed by atoms with Crippen molar-refractivity contribution < 1.29 is 70.9 Å². The second-order valence-electron chi connectivity index (χ2n) is 29.5. The van der Waals surface area contributed by atoms with Gasteiger partial charge in [-0.25, -0.2) is 33.7 Å². The number of anilines is 8. The summed E-state index contributed by atoms with van der Waals surface area (Å²) in [5.41, 5.74) is 14.6. The number of fused-ring (bicyclic) bond motifs is 4. The van der Waals surface area contributed by atoms with Crippen LogP contribution in [0.25, 0.3) is 33.1 Å². The molecule has 4 fully saturated rings. The van der Waals surface area contributed by atoms with E-state index in [0.29, 0.717) is 24.6 Å². The monoisotopic (exact) mass is 2010 g/mol. The number of benzene rings is 6. The Bertz CT molecular complexity index is 6050. The number of hydrogen-bond acceptors (Lipinski definition) is 26. The molecule has 12 aromatic rings. The van der Waals surface area contributed by atoms with Gasteiger partial charge in [-0.1, -0.05) is 48.5 Å². The number of aromatic nitrogens is 10. The summed E-state index contributed by atoms with van der Waals surface area (Å²) in [4.78, 5) is 175. The van der Waals surface area contributed by atoms with Crippen LogP contribution in [0.2, 0.25) is 0 Å². The molecule has 4 aliphatic heterocycles. The first kappa shape index (κ1) is 103. The van der Waals surface area contributed by atoms with E-state index in [1.54, 1.807) is 12.1 Å². The number of carbonyl (C=O) groups is 8. The first-order valence-electron chi connectivity index (χ1n) is 39.2. The van der Waals surface area contributed by atoms with Crippen molar-refractivity contribution in [2.75, 3.05) is 124 Å². The molecule has 16 rings (SSSR count). The number of nitrogens with zero attached hydrogens (tertiary/aromatic N) is 13. The third-order valence-corrected chi connectivity index (χ3v) is 20.6. The molecule has 688 valence electrons. The van der Waals surface area contributed by atoms with E-state index in [4.69, 9.17) is 63.4 Å². The molecule has 15 N–H and O–H groups in total. The van der Waals surface area contributed by atoms with Crippen LogP contribution in [0.3, 0.4) is 0 Å². The van der Waals surface area contributed by atoms with Gasteiger partial charge in [0, 0.05) is 38.3 Å². The summed E-state index contributed by atoms with van der Waals surface area (Å²) < 4.78 is 57.0. The van der Waals surface area contributed by atoms with Crippen molar-refractivity contribution >= 4 is 209 Å². The molecule has 4 aliphatic rings. The Morgan fingerprint density at radius 1 is 0.485 bits per heavy atom. The fourth-order valence-corrected chi connectivity index (χ4v) is 14.2. The third kappa shape index (κ3) is 27.7. The number of aromatic amines is 3. The molecule has 2 radical (unpaired) electrons. The van der Waals surface area contributed by atoms with E-state index in [2.05, 4.69) is 81.2 Å². The van der Waals surface area contributed by atoms with E-state index in [-0.39, 0.29) is 128 Å². The molecule has 0 aliphatic carbocycles. The standard InChI is InChI=1S/C25H25FN8O3.C13H16FN3O3.C13H18FN3O.C10H2Cl2N4O4.C7H7N3.C7H13NO2.C6H5FN2O2.3ClH.Sn/c1-34-11-5-6-14(12-34)22(35)29-17-9-4-10-18(19(17)26)30-23(36)20-21(28-13-27-20)24(37)33-25-31-15-7-2-3-8-16(15)32-25;1-16-7-3-4-9(8-16)13(18)15-10-5-2-6-11(12(10)14)17(19)20;1-17-7-3-4-9(8-17)13(18)16-11-6-2-5-10(15)12(11)14;11-7(17)3-5-10(20)16-2-14-4(8(12)18)6(16)9(19)15(5)1-13-3;8-7-9-5-3-1-2-4-6(5)10-7;1-8-4-2-3-6(5-8)7(9)10;7-6-4(8)2-1-3-5(6)9(10)11;;;;/h2-4,7-10,13-14H,5-6,11-12H2,1H3,(H,27,28)(H,29,35)(H,30,36)(H2,31,32,33,37);2,5-6,9H,3-4,7-8H2,1H3,(H,15,18);2,5-6,9H,3-4,7-8,15H2,1H3,(H,16,18);1-2H;1-4H,(H3,8,9,10);6H,2-5H2,1H3,(H,9,10);1-3H,8H2;3*1H;/q;;;;;;;;;;+2/p-2. The number of nitrogen functional groups attached to an aromatic ring is 3. The van der Waals surface area contributed by atoms with E-state index < -0.39 is 103 Å². The Morgan fingerprint density at radius 3 is 1.28 bits per heavy atom. The summed E-state index contributed by atoms with van der Waals surface area (Å²) in [7, 11) is 17.7. The van der Waals surface area contributed by atoms with Gasteiger partial charge in [0.15, 0.2) is 34.7 Å². The SMILES string of the molecule is CN1CCCC(C(=O)Nc2cccc(N)c2F)C1.CN1CCCC(C(=O)Nc2cccc(NC(=O)c3nc[nH]c3C(=O)Nc3nc4ccccc4[nH]3)c2F)C1.CN1CCCC(C(=O)Nc2cccc([N+](=O)[O-])c2F)C1.CN1CCCC(C(=O)O)C1.Cl.Nc1cccc([N+](=O)[O-])c1F.Nc1nc2ccccc2[nH]1.O=C(Cl)c1ncn2c(=O)c3c(C(=O)Cl)ncn3c(=O)c12.[Cl][Sn][Cl]. The van der Waals surface area contributed by atoms with Crippen LogP contribution in [-0.4, -0.2) is 229 Å². The van der Waals surface area contributed by atoms with E-state index in [9.17, 15) is 81.3 Å². The number of amides is 5. The number of likely N-dealkylation sites (tertiary alicyclic amines) is 4. The normalized spacial score (nSPS) is 16.1. The number of carboxylic acids is 1. The van der Waals surface area contributed by atoms with Gasteiger partial charge < -0.3 is 78.1 Å². The topological polar surface area (TPSA) is 549 Å². The van der Waals surface area contributed by atoms with Crippen molar-refractivity contribution in [2.45, 2.75) is 51.4 Å². The summed E-state index contributed by atoms with van der Waals surface area (Å²) in [6.45, 7) is 6.57. The zero-order valence-electron chi connectivity index (χ0n) is 69.5. The van der Waals surface area contributed by atoms with Crippen molar-refractivity contribution in [3.63, 3.8) is 0 Å². The number of carboxylic acid groups (broad SMARTS) is 1. The Morgan fingerprint density at radius 2 is 0.862 bits per heavy atom. The van der Waals surface area contributed by atoms with Crippen molar-refractivity contribution in [3.05, 3.63) is 227 Å². The Kier molecular flexibility index (Phi) is 38.5. The van der Waals surface area contributed by atoms with Gasteiger partial charge in [-0.3, -0.25) is 82.3 Å². The van der Waals surface area contributed by atoms with Gasteiger partial charge in [0.25, 0.3) is 33.4 Å². The van der Waals surface area contributed by atoms with Gasteiger partial charge in [0.2, 0.25) is 35.3 Å². The molecule has 130 heavy (non-hydrogen) atoms. The Labute approximate surface area is 769 Å². The second-order valence-corrected chi connectivity index (χ2v) is 34.5. The fraction of sp³-hybridized carbons (Fsp3) is 0.296. The molecule has 39 nitrogen and oxygen atoms in total.